The lowest BCUT2D eigenvalue weighted by molar-refractivity contribution is 0.310. The Hall–Kier alpha value is -3.79. The standard InChI is InChI=1S/C26H22N2O2/c29-26-25-21(15-17-28(26)16-14-19-8-3-1-4-9-19)24-22(27-25)12-7-13-23(24)30-18-20-10-5-2-6-11-20/h1-13,15,17,27H,14,16,18H2. The number of nitrogens with one attached hydrogen (secondary N) is 1. The highest BCUT2D eigenvalue weighted by Gasteiger charge is 2.13. The fourth-order valence-corrected chi connectivity index (χ4v) is 3.88. The number of nitrogens with zero attached hydrogens (tertiary/aromatic N) is 1. The summed E-state index contributed by atoms with van der Waals surface area (Å²) in [5.74, 6) is 0.782. The molecule has 0 aliphatic carbocycles. The summed E-state index contributed by atoms with van der Waals surface area (Å²) in [5, 5.41) is 1.85. The van der Waals surface area contributed by atoms with Gasteiger partial charge in [-0.3, -0.25) is 4.79 Å². The van der Waals surface area contributed by atoms with Gasteiger partial charge in [-0.1, -0.05) is 66.7 Å². The van der Waals surface area contributed by atoms with Crippen LogP contribution in [0.5, 0.6) is 5.75 Å². The Morgan fingerprint density at radius 1 is 0.800 bits per heavy atom. The van der Waals surface area contributed by atoms with Crippen molar-refractivity contribution in [2.45, 2.75) is 19.6 Å². The molecule has 0 saturated carbocycles. The summed E-state index contributed by atoms with van der Waals surface area (Å²) in [5.41, 5.74) is 3.86. The lowest BCUT2D eigenvalue weighted by atomic mass is 10.1. The first-order chi connectivity index (χ1) is 14.8. The van der Waals surface area contributed by atoms with Crippen molar-refractivity contribution in [1.82, 2.24) is 9.55 Å². The van der Waals surface area contributed by atoms with Crippen LogP contribution in [-0.4, -0.2) is 9.55 Å². The maximum Gasteiger partial charge on any atom is 0.274 e. The molecule has 0 spiro atoms. The van der Waals surface area contributed by atoms with E-state index in [0.29, 0.717) is 18.7 Å². The molecule has 4 heteroatoms. The van der Waals surface area contributed by atoms with Crippen molar-refractivity contribution in [3.8, 4) is 5.75 Å². The highest BCUT2D eigenvalue weighted by Crippen LogP contribution is 2.32. The molecule has 0 radical (unpaired) electrons. The molecule has 0 fully saturated rings. The molecular formula is C26H22N2O2. The fraction of sp³-hybridized carbons (Fsp3) is 0.115. The SMILES string of the molecule is O=c1c2[nH]c3cccc(OCc4ccccc4)c3c2ccn1CCc1ccccc1. The van der Waals surface area contributed by atoms with Crippen molar-refractivity contribution >= 4 is 21.8 Å². The first kappa shape index (κ1) is 18.3. The molecule has 0 bridgehead atoms. The number of aryl methyl sites for hydroxylation is 2. The maximum atomic E-state index is 13.1. The van der Waals surface area contributed by atoms with E-state index in [9.17, 15) is 4.79 Å². The zero-order valence-electron chi connectivity index (χ0n) is 16.5. The Kier molecular flexibility index (Phi) is 4.81. The smallest absolute Gasteiger partial charge is 0.274 e. The van der Waals surface area contributed by atoms with Crippen molar-refractivity contribution in [1.29, 1.82) is 0 Å². The van der Waals surface area contributed by atoms with Gasteiger partial charge >= 0.3 is 0 Å². The number of benzene rings is 3. The second-order valence-corrected chi connectivity index (χ2v) is 7.42. The van der Waals surface area contributed by atoms with Gasteiger partial charge in [-0.05, 0) is 35.7 Å². The number of aromatic amines is 1. The van der Waals surface area contributed by atoms with Gasteiger partial charge in [0.05, 0.1) is 5.52 Å². The van der Waals surface area contributed by atoms with Crippen molar-refractivity contribution in [2.75, 3.05) is 0 Å². The van der Waals surface area contributed by atoms with E-state index in [1.165, 1.54) is 5.56 Å². The number of H-pyrrole nitrogens is 1. The molecule has 0 aliphatic rings. The second kappa shape index (κ2) is 7.91. The largest absolute Gasteiger partial charge is 0.488 e. The van der Waals surface area contributed by atoms with Crippen LogP contribution in [0.1, 0.15) is 11.1 Å². The van der Waals surface area contributed by atoms with Crippen LogP contribution in [0.3, 0.4) is 0 Å². The molecule has 0 saturated heterocycles. The third kappa shape index (κ3) is 3.48. The van der Waals surface area contributed by atoms with Gasteiger partial charge in [-0.15, -0.1) is 0 Å². The van der Waals surface area contributed by atoms with Gasteiger partial charge in [0.1, 0.15) is 17.9 Å². The number of rotatable bonds is 6. The predicted octanol–water partition coefficient (Wildman–Crippen LogP) is 5.30. The van der Waals surface area contributed by atoms with Gasteiger partial charge in [0.25, 0.3) is 5.56 Å². The normalized spacial score (nSPS) is 11.2. The van der Waals surface area contributed by atoms with Gasteiger partial charge < -0.3 is 14.3 Å². The summed E-state index contributed by atoms with van der Waals surface area (Å²) in [6.07, 6.45) is 2.70. The predicted molar refractivity (Wildman–Crippen MR) is 121 cm³/mol. The number of ether oxygens (including phenoxy) is 1. The molecule has 2 heterocycles. The summed E-state index contributed by atoms with van der Waals surface area (Å²) in [6.45, 7) is 1.13. The first-order valence-corrected chi connectivity index (χ1v) is 10.1. The Morgan fingerprint density at radius 2 is 1.53 bits per heavy atom. The van der Waals surface area contributed by atoms with Crippen LogP contribution >= 0.6 is 0 Å². The average Bonchev–Trinajstić information content (AvgIpc) is 3.19. The van der Waals surface area contributed by atoms with E-state index in [2.05, 4.69) is 17.1 Å². The number of aromatic nitrogens is 2. The van der Waals surface area contributed by atoms with Gasteiger partial charge in [-0.25, -0.2) is 0 Å². The van der Waals surface area contributed by atoms with Crippen molar-refractivity contribution < 1.29 is 4.74 Å². The highest BCUT2D eigenvalue weighted by atomic mass is 16.5. The zero-order chi connectivity index (χ0) is 20.3. The minimum absolute atomic E-state index is 0.00589. The van der Waals surface area contributed by atoms with Gasteiger partial charge in [0, 0.05) is 23.5 Å². The Bertz CT molecular complexity index is 1350. The van der Waals surface area contributed by atoms with Gasteiger partial charge in [0.2, 0.25) is 0 Å². The number of hydrogen-bond acceptors (Lipinski definition) is 2. The van der Waals surface area contributed by atoms with Crippen LogP contribution in [-0.2, 0) is 19.6 Å². The molecule has 0 aliphatic heterocycles. The van der Waals surface area contributed by atoms with Crippen LogP contribution in [0.25, 0.3) is 21.8 Å². The Balaban J connectivity index is 1.48. The molecule has 2 aromatic heterocycles. The summed E-state index contributed by atoms with van der Waals surface area (Å²) in [4.78, 5) is 16.4. The minimum atomic E-state index is -0.00589. The van der Waals surface area contributed by atoms with E-state index in [1.54, 1.807) is 4.57 Å². The molecule has 0 unspecified atom stereocenters. The third-order valence-electron chi connectivity index (χ3n) is 5.44. The van der Waals surface area contributed by atoms with Crippen LogP contribution in [0.15, 0.2) is 95.9 Å². The second-order valence-electron chi connectivity index (χ2n) is 7.42. The van der Waals surface area contributed by atoms with Crippen LogP contribution in [0.4, 0.5) is 0 Å². The average molecular weight is 394 g/mol. The number of pyridine rings is 1. The lowest BCUT2D eigenvalue weighted by Crippen LogP contribution is -2.20. The van der Waals surface area contributed by atoms with Crippen LogP contribution in [0.2, 0.25) is 0 Å². The Morgan fingerprint density at radius 3 is 2.30 bits per heavy atom. The first-order valence-electron chi connectivity index (χ1n) is 10.1. The molecule has 148 valence electrons. The van der Waals surface area contributed by atoms with Gasteiger partial charge in [0.15, 0.2) is 0 Å². The quantitative estimate of drug-likeness (QED) is 0.425. The highest BCUT2D eigenvalue weighted by molar-refractivity contribution is 6.10. The van der Waals surface area contributed by atoms with E-state index in [-0.39, 0.29) is 5.56 Å². The molecule has 0 amide bonds. The summed E-state index contributed by atoms with van der Waals surface area (Å²) in [7, 11) is 0. The maximum absolute atomic E-state index is 13.1. The van der Waals surface area contributed by atoms with Gasteiger partial charge in [-0.2, -0.15) is 0 Å². The molecule has 3 aromatic carbocycles. The number of hydrogen-bond donors (Lipinski definition) is 1. The topological polar surface area (TPSA) is 47.0 Å². The van der Waals surface area contributed by atoms with E-state index in [1.807, 2.05) is 79.0 Å². The molecule has 5 aromatic rings. The summed E-state index contributed by atoms with van der Waals surface area (Å²) in [6, 6.07) is 28.2. The zero-order valence-corrected chi connectivity index (χ0v) is 16.5. The third-order valence-corrected chi connectivity index (χ3v) is 5.44. The van der Waals surface area contributed by atoms with E-state index < -0.39 is 0 Å². The molecule has 4 nitrogen and oxygen atoms in total. The van der Waals surface area contributed by atoms with E-state index in [4.69, 9.17) is 4.74 Å². The fourth-order valence-electron chi connectivity index (χ4n) is 3.88. The number of fused-ring (bicyclic) bond motifs is 3. The summed E-state index contributed by atoms with van der Waals surface area (Å²) >= 11 is 0. The van der Waals surface area contributed by atoms with Crippen LogP contribution in [0, 0.1) is 0 Å². The van der Waals surface area contributed by atoms with E-state index >= 15 is 0 Å². The lowest BCUT2D eigenvalue weighted by Gasteiger charge is -2.08. The molecular weight excluding hydrogens is 372 g/mol. The van der Waals surface area contributed by atoms with Crippen molar-refractivity contribution in [2.24, 2.45) is 0 Å². The van der Waals surface area contributed by atoms with E-state index in [0.717, 1.165) is 34.0 Å². The summed E-state index contributed by atoms with van der Waals surface area (Å²) < 4.78 is 7.89. The molecule has 5 rings (SSSR count). The van der Waals surface area contributed by atoms with Crippen LogP contribution < -0.4 is 10.3 Å². The van der Waals surface area contributed by atoms with Crippen molar-refractivity contribution in [3.05, 3.63) is 113 Å². The monoisotopic (exact) mass is 394 g/mol. The van der Waals surface area contributed by atoms with Crippen molar-refractivity contribution in [3.63, 3.8) is 0 Å². The molecule has 30 heavy (non-hydrogen) atoms. The Labute approximate surface area is 174 Å². The molecule has 1 N–H and O–H groups in total. The minimum Gasteiger partial charge on any atom is -0.488 e. The molecule has 0 atom stereocenters.